The van der Waals surface area contributed by atoms with Crippen molar-refractivity contribution in [3.63, 3.8) is 0 Å². The molecule has 1 aromatic heterocycles. The van der Waals surface area contributed by atoms with Crippen molar-refractivity contribution in [1.82, 2.24) is 5.16 Å². The number of halogens is 1. The predicted octanol–water partition coefficient (Wildman–Crippen LogP) is 2.80. The highest BCUT2D eigenvalue weighted by molar-refractivity contribution is 5.63. The van der Waals surface area contributed by atoms with Gasteiger partial charge in [0.25, 0.3) is 6.47 Å². The van der Waals surface area contributed by atoms with Gasteiger partial charge < -0.3 is 9.63 Å². The topological polar surface area (TPSA) is 63.3 Å². The van der Waals surface area contributed by atoms with Crippen LogP contribution in [0.4, 0.5) is 4.39 Å². The molecular formula is C12H12FNO3. The summed E-state index contributed by atoms with van der Waals surface area (Å²) in [5.74, 6) is 0.418. The predicted molar refractivity (Wildman–Crippen MR) is 60.1 cm³/mol. The van der Waals surface area contributed by atoms with Gasteiger partial charge in [-0.15, -0.1) is 0 Å². The van der Waals surface area contributed by atoms with E-state index in [9.17, 15) is 4.39 Å². The van der Waals surface area contributed by atoms with Gasteiger partial charge >= 0.3 is 0 Å². The fraction of sp³-hybridized carbons (Fsp3) is 0.167. The van der Waals surface area contributed by atoms with E-state index in [-0.39, 0.29) is 12.3 Å². The summed E-state index contributed by atoms with van der Waals surface area (Å²) in [6, 6.07) is 6.68. The first-order valence-electron chi connectivity index (χ1n) is 4.86. The van der Waals surface area contributed by atoms with Crippen LogP contribution in [0.25, 0.3) is 11.3 Å². The van der Waals surface area contributed by atoms with Gasteiger partial charge in [-0.25, -0.2) is 4.39 Å². The van der Waals surface area contributed by atoms with Gasteiger partial charge in [-0.1, -0.05) is 17.3 Å². The van der Waals surface area contributed by atoms with Crippen LogP contribution < -0.4 is 0 Å². The molecule has 17 heavy (non-hydrogen) atoms. The van der Waals surface area contributed by atoms with E-state index in [0.29, 0.717) is 17.0 Å². The lowest BCUT2D eigenvalue weighted by atomic mass is 10.1. The zero-order valence-corrected chi connectivity index (χ0v) is 9.48. The number of aromatic nitrogens is 1. The van der Waals surface area contributed by atoms with Gasteiger partial charge in [0.15, 0.2) is 0 Å². The number of nitrogens with zero attached hydrogens (tertiary/aromatic N) is 1. The van der Waals surface area contributed by atoms with Gasteiger partial charge in [-0.3, -0.25) is 4.79 Å². The molecule has 2 rings (SSSR count). The Morgan fingerprint density at radius 2 is 2.06 bits per heavy atom. The highest BCUT2D eigenvalue weighted by Gasteiger charge is 2.11. The van der Waals surface area contributed by atoms with E-state index in [1.54, 1.807) is 19.1 Å². The Bertz CT molecular complexity index is 488. The molecule has 0 aliphatic rings. The summed E-state index contributed by atoms with van der Waals surface area (Å²) >= 11 is 0. The molecule has 1 aromatic carbocycles. The number of rotatable bonds is 1. The van der Waals surface area contributed by atoms with Crippen LogP contribution >= 0.6 is 0 Å². The van der Waals surface area contributed by atoms with E-state index in [0.717, 1.165) is 5.56 Å². The molecule has 0 atom stereocenters. The average Bonchev–Trinajstić information content (AvgIpc) is 2.66. The maximum atomic E-state index is 13.5. The third-order valence-electron chi connectivity index (χ3n) is 2.11. The second-order valence-corrected chi connectivity index (χ2v) is 3.36. The maximum absolute atomic E-state index is 13.5. The number of benzene rings is 1. The van der Waals surface area contributed by atoms with Crippen molar-refractivity contribution in [3.8, 4) is 11.3 Å². The van der Waals surface area contributed by atoms with Gasteiger partial charge in [-0.2, -0.15) is 0 Å². The summed E-state index contributed by atoms with van der Waals surface area (Å²) in [5, 5.41) is 10.7. The summed E-state index contributed by atoms with van der Waals surface area (Å²) in [5.41, 5.74) is 1.93. The first-order valence-corrected chi connectivity index (χ1v) is 4.86. The van der Waals surface area contributed by atoms with Crippen molar-refractivity contribution in [2.45, 2.75) is 13.8 Å². The molecule has 2 aromatic rings. The zero-order chi connectivity index (χ0) is 12.8. The molecule has 0 bridgehead atoms. The summed E-state index contributed by atoms with van der Waals surface area (Å²) < 4.78 is 18.4. The van der Waals surface area contributed by atoms with E-state index in [1.807, 2.05) is 13.0 Å². The molecule has 0 radical (unpaired) electrons. The fourth-order valence-electron chi connectivity index (χ4n) is 1.44. The average molecular weight is 237 g/mol. The van der Waals surface area contributed by atoms with Crippen LogP contribution in [0.2, 0.25) is 0 Å². The smallest absolute Gasteiger partial charge is 0.290 e. The number of aryl methyl sites for hydroxylation is 2. The molecule has 0 amide bonds. The molecule has 0 aliphatic carbocycles. The molecule has 0 unspecified atom stereocenters. The first-order chi connectivity index (χ1) is 8.10. The number of hydrogen-bond donors (Lipinski definition) is 1. The molecule has 0 spiro atoms. The summed E-state index contributed by atoms with van der Waals surface area (Å²) in [6.07, 6.45) is 0. The van der Waals surface area contributed by atoms with Gasteiger partial charge in [0.05, 0.1) is 0 Å². The van der Waals surface area contributed by atoms with Crippen LogP contribution in [0, 0.1) is 19.7 Å². The molecule has 0 saturated carbocycles. The van der Waals surface area contributed by atoms with Gasteiger partial charge in [0.2, 0.25) is 0 Å². The standard InChI is InChI=1S/C11H10FNO.CH2O2/c1-7-4-3-5-9(12)11(7)10-6-8(2)14-13-10;2-1-3/h3-6H,1-2H3;1H,(H,2,3). The lowest BCUT2D eigenvalue weighted by Crippen LogP contribution is -1.87. The highest BCUT2D eigenvalue weighted by atomic mass is 19.1. The first kappa shape index (κ1) is 12.9. The second kappa shape index (κ2) is 5.79. The minimum absolute atomic E-state index is 0.250. The highest BCUT2D eigenvalue weighted by Crippen LogP contribution is 2.25. The van der Waals surface area contributed by atoms with Crippen LogP contribution in [0.1, 0.15) is 11.3 Å². The molecule has 0 fully saturated rings. The minimum atomic E-state index is -0.265. The van der Waals surface area contributed by atoms with Crippen LogP contribution in [0.5, 0.6) is 0 Å². The Hall–Kier alpha value is -2.17. The van der Waals surface area contributed by atoms with Crippen LogP contribution in [-0.4, -0.2) is 16.7 Å². The molecule has 90 valence electrons. The molecule has 0 aliphatic heterocycles. The Labute approximate surface area is 97.7 Å². The summed E-state index contributed by atoms with van der Waals surface area (Å²) in [4.78, 5) is 8.36. The Morgan fingerprint density at radius 1 is 1.41 bits per heavy atom. The minimum Gasteiger partial charge on any atom is -0.483 e. The van der Waals surface area contributed by atoms with E-state index in [4.69, 9.17) is 14.4 Å². The van der Waals surface area contributed by atoms with Crippen molar-refractivity contribution in [1.29, 1.82) is 0 Å². The molecular weight excluding hydrogens is 225 g/mol. The monoisotopic (exact) mass is 237 g/mol. The maximum Gasteiger partial charge on any atom is 0.290 e. The third-order valence-corrected chi connectivity index (χ3v) is 2.11. The fourth-order valence-corrected chi connectivity index (χ4v) is 1.44. The van der Waals surface area contributed by atoms with Crippen LogP contribution in [0.15, 0.2) is 28.8 Å². The molecule has 5 heteroatoms. The SMILES string of the molecule is Cc1cc(-c2c(C)cccc2F)no1.O=CO. The van der Waals surface area contributed by atoms with E-state index < -0.39 is 0 Å². The Balaban J connectivity index is 0.000000437. The Morgan fingerprint density at radius 3 is 2.53 bits per heavy atom. The van der Waals surface area contributed by atoms with Gasteiger partial charge in [0, 0.05) is 11.6 Å². The number of carboxylic acid groups (broad SMARTS) is 1. The van der Waals surface area contributed by atoms with Crippen molar-refractivity contribution in [2.75, 3.05) is 0 Å². The number of carbonyl (C=O) groups is 1. The zero-order valence-electron chi connectivity index (χ0n) is 9.48. The van der Waals surface area contributed by atoms with Gasteiger partial charge in [0.1, 0.15) is 17.3 Å². The normalized spacial score (nSPS) is 9.35. The van der Waals surface area contributed by atoms with Crippen molar-refractivity contribution < 1.29 is 18.8 Å². The van der Waals surface area contributed by atoms with Crippen molar-refractivity contribution in [2.24, 2.45) is 0 Å². The van der Waals surface area contributed by atoms with E-state index in [1.165, 1.54) is 6.07 Å². The summed E-state index contributed by atoms with van der Waals surface area (Å²) in [6.45, 7) is 3.38. The van der Waals surface area contributed by atoms with Crippen molar-refractivity contribution in [3.05, 3.63) is 41.4 Å². The molecule has 1 heterocycles. The van der Waals surface area contributed by atoms with Crippen LogP contribution in [0.3, 0.4) is 0 Å². The number of hydrogen-bond acceptors (Lipinski definition) is 3. The van der Waals surface area contributed by atoms with E-state index >= 15 is 0 Å². The molecule has 1 N–H and O–H groups in total. The second-order valence-electron chi connectivity index (χ2n) is 3.36. The molecule has 4 nitrogen and oxygen atoms in total. The van der Waals surface area contributed by atoms with Crippen LogP contribution in [-0.2, 0) is 4.79 Å². The largest absolute Gasteiger partial charge is 0.483 e. The molecule has 0 saturated heterocycles. The van der Waals surface area contributed by atoms with Gasteiger partial charge in [-0.05, 0) is 25.5 Å². The van der Waals surface area contributed by atoms with E-state index in [2.05, 4.69) is 5.16 Å². The lowest BCUT2D eigenvalue weighted by molar-refractivity contribution is -0.122. The quantitative estimate of drug-likeness (QED) is 0.774. The third kappa shape index (κ3) is 3.14. The lowest BCUT2D eigenvalue weighted by Gasteiger charge is -2.01. The Kier molecular flexibility index (Phi) is 4.39. The van der Waals surface area contributed by atoms with Crippen molar-refractivity contribution >= 4 is 6.47 Å². The summed E-state index contributed by atoms with van der Waals surface area (Å²) in [7, 11) is 0.